The molecule has 0 aliphatic carbocycles. The van der Waals surface area contributed by atoms with Crippen LogP contribution in [0, 0.1) is 0 Å². The monoisotopic (exact) mass is 363 g/mol. The molecule has 0 saturated carbocycles. The third-order valence-electron chi connectivity index (χ3n) is 4.31. The summed E-state index contributed by atoms with van der Waals surface area (Å²) in [5.74, 6) is -0.386. The molecule has 0 aliphatic heterocycles. The van der Waals surface area contributed by atoms with E-state index in [9.17, 15) is 14.4 Å². The van der Waals surface area contributed by atoms with Crippen molar-refractivity contribution in [1.82, 2.24) is 14.5 Å². The fourth-order valence-corrected chi connectivity index (χ4v) is 2.86. The number of benzene rings is 2. The Morgan fingerprint density at radius 2 is 1.59 bits per heavy atom. The average Bonchev–Trinajstić information content (AvgIpc) is 2.69. The Hall–Kier alpha value is -3.41. The maximum atomic E-state index is 12.6. The summed E-state index contributed by atoms with van der Waals surface area (Å²) in [5.41, 5.74) is 0.889. The first kappa shape index (κ1) is 18.4. The van der Waals surface area contributed by atoms with Crippen LogP contribution in [0.3, 0.4) is 0 Å². The Balaban J connectivity index is 1.76. The van der Waals surface area contributed by atoms with Crippen LogP contribution in [0.2, 0.25) is 0 Å². The minimum Gasteiger partial charge on any atom is -0.348 e. The van der Waals surface area contributed by atoms with Crippen molar-refractivity contribution in [3.8, 4) is 0 Å². The Kier molecular flexibility index (Phi) is 5.66. The molecule has 138 valence electrons. The fourth-order valence-electron chi connectivity index (χ4n) is 2.86. The Labute approximate surface area is 156 Å². The van der Waals surface area contributed by atoms with Crippen molar-refractivity contribution in [2.45, 2.75) is 26.1 Å². The van der Waals surface area contributed by atoms with E-state index in [1.54, 1.807) is 0 Å². The lowest BCUT2D eigenvalue weighted by molar-refractivity contribution is -0.122. The first-order chi connectivity index (χ1) is 13.0. The van der Waals surface area contributed by atoms with Crippen LogP contribution in [0.15, 0.2) is 82.5 Å². The predicted molar refractivity (Wildman–Crippen MR) is 104 cm³/mol. The fraction of sp³-hybridized carbons (Fsp3) is 0.190. The second-order valence-corrected chi connectivity index (χ2v) is 6.34. The van der Waals surface area contributed by atoms with Crippen molar-refractivity contribution < 1.29 is 4.79 Å². The molecule has 1 N–H and O–H groups in total. The van der Waals surface area contributed by atoms with Gasteiger partial charge in [0, 0.05) is 12.3 Å². The van der Waals surface area contributed by atoms with E-state index >= 15 is 0 Å². The predicted octanol–water partition coefficient (Wildman–Crippen LogP) is 1.94. The van der Waals surface area contributed by atoms with Gasteiger partial charge in [-0.1, -0.05) is 60.7 Å². The summed E-state index contributed by atoms with van der Waals surface area (Å²) >= 11 is 0. The van der Waals surface area contributed by atoms with Gasteiger partial charge in [-0.25, -0.2) is 4.79 Å². The van der Waals surface area contributed by atoms with Gasteiger partial charge in [-0.3, -0.25) is 18.7 Å². The molecule has 6 nitrogen and oxygen atoms in total. The summed E-state index contributed by atoms with van der Waals surface area (Å²) in [6, 6.07) is 20.0. The topological polar surface area (TPSA) is 73.1 Å². The van der Waals surface area contributed by atoms with E-state index in [1.165, 1.54) is 16.8 Å². The first-order valence-electron chi connectivity index (χ1n) is 8.73. The highest BCUT2D eigenvalue weighted by Gasteiger charge is 2.13. The van der Waals surface area contributed by atoms with Gasteiger partial charge < -0.3 is 5.32 Å². The minimum absolute atomic E-state index is 0.218. The van der Waals surface area contributed by atoms with Gasteiger partial charge in [0.15, 0.2) is 0 Å². The van der Waals surface area contributed by atoms with Gasteiger partial charge in [-0.05, 0) is 18.1 Å². The van der Waals surface area contributed by atoms with Crippen LogP contribution < -0.4 is 16.6 Å². The van der Waals surface area contributed by atoms with Gasteiger partial charge in [0.05, 0.1) is 12.6 Å². The van der Waals surface area contributed by atoms with Crippen LogP contribution >= 0.6 is 0 Å². The molecule has 0 saturated heterocycles. The summed E-state index contributed by atoms with van der Waals surface area (Å²) in [5, 5.41) is 2.82. The largest absolute Gasteiger partial charge is 0.348 e. The van der Waals surface area contributed by atoms with E-state index in [0.717, 1.165) is 15.7 Å². The number of amides is 1. The molecule has 0 bridgehead atoms. The lowest BCUT2D eigenvalue weighted by Gasteiger charge is -2.15. The molecule has 27 heavy (non-hydrogen) atoms. The van der Waals surface area contributed by atoms with E-state index in [-0.39, 0.29) is 18.5 Å². The third kappa shape index (κ3) is 4.61. The van der Waals surface area contributed by atoms with Crippen LogP contribution in [0.4, 0.5) is 0 Å². The quantitative estimate of drug-likeness (QED) is 0.727. The van der Waals surface area contributed by atoms with Crippen LogP contribution in [-0.4, -0.2) is 15.0 Å². The third-order valence-corrected chi connectivity index (χ3v) is 4.31. The van der Waals surface area contributed by atoms with Gasteiger partial charge in [0.1, 0.15) is 6.54 Å². The Bertz CT molecular complexity index is 1020. The normalized spacial score (nSPS) is 11.7. The molecule has 0 fully saturated rings. The number of nitrogens with one attached hydrogen (secondary N) is 1. The zero-order chi connectivity index (χ0) is 19.2. The first-order valence-corrected chi connectivity index (χ1v) is 8.73. The van der Waals surface area contributed by atoms with E-state index < -0.39 is 11.2 Å². The summed E-state index contributed by atoms with van der Waals surface area (Å²) < 4.78 is 2.38. The molecule has 1 heterocycles. The number of carbonyl (C=O) groups excluding carboxylic acids is 1. The van der Waals surface area contributed by atoms with Gasteiger partial charge in [-0.15, -0.1) is 0 Å². The van der Waals surface area contributed by atoms with Crippen molar-refractivity contribution in [1.29, 1.82) is 0 Å². The SMILES string of the molecule is C[C@@H](NC(=O)Cn1c(=O)ccn(Cc2ccccc2)c1=O)c1ccccc1. The molecule has 0 unspecified atom stereocenters. The zero-order valence-electron chi connectivity index (χ0n) is 15.0. The summed E-state index contributed by atoms with van der Waals surface area (Å²) in [6.07, 6.45) is 1.46. The molecule has 0 aliphatic rings. The number of nitrogens with zero attached hydrogens (tertiary/aromatic N) is 2. The standard InChI is InChI=1S/C21H21N3O3/c1-16(18-10-6-3-7-11-18)22-19(25)15-24-20(26)12-13-23(21(24)27)14-17-8-4-2-5-9-17/h2-13,16H,14-15H2,1H3,(H,22,25)/t16-/m1/s1. The van der Waals surface area contributed by atoms with E-state index in [2.05, 4.69) is 5.32 Å². The van der Waals surface area contributed by atoms with Crippen LogP contribution in [-0.2, 0) is 17.9 Å². The van der Waals surface area contributed by atoms with Gasteiger partial charge >= 0.3 is 5.69 Å². The zero-order valence-corrected chi connectivity index (χ0v) is 15.0. The molecule has 6 heteroatoms. The number of aromatic nitrogens is 2. The van der Waals surface area contributed by atoms with Crippen molar-refractivity contribution in [2.75, 3.05) is 0 Å². The number of carbonyl (C=O) groups is 1. The molecule has 3 aromatic rings. The second-order valence-electron chi connectivity index (χ2n) is 6.34. The highest BCUT2D eigenvalue weighted by Crippen LogP contribution is 2.10. The average molecular weight is 363 g/mol. The minimum atomic E-state index is -0.506. The van der Waals surface area contributed by atoms with Crippen LogP contribution in [0.1, 0.15) is 24.1 Å². The summed E-state index contributed by atoms with van der Waals surface area (Å²) in [6.45, 7) is 1.88. The van der Waals surface area contributed by atoms with E-state index in [0.29, 0.717) is 6.54 Å². The van der Waals surface area contributed by atoms with Crippen molar-refractivity contribution >= 4 is 5.91 Å². The van der Waals surface area contributed by atoms with Crippen LogP contribution in [0.25, 0.3) is 0 Å². The number of hydrogen-bond acceptors (Lipinski definition) is 3. The van der Waals surface area contributed by atoms with Crippen molar-refractivity contribution in [3.05, 3.63) is 105 Å². The molecule has 0 spiro atoms. The molecule has 1 aromatic heterocycles. The number of hydrogen-bond donors (Lipinski definition) is 1. The molecular weight excluding hydrogens is 342 g/mol. The smallest absolute Gasteiger partial charge is 0.331 e. The van der Waals surface area contributed by atoms with Crippen molar-refractivity contribution in [3.63, 3.8) is 0 Å². The lowest BCUT2D eigenvalue weighted by Crippen LogP contribution is -2.43. The van der Waals surface area contributed by atoms with Crippen LogP contribution in [0.5, 0.6) is 0 Å². The lowest BCUT2D eigenvalue weighted by atomic mass is 10.1. The highest BCUT2D eigenvalue weighted by atomic mass is 16.2. The Morgan fingerprint density at radius 1 is 0.963 bits per heavy atom. The second kappa shape index (κ2) is 8.31. The van der Waals surface area contributed by atoms with Gasteiger partial charge in [0.25, 0.3) is 5.56 Å². The van der Waals surface area contributed by atoms with Gasteiger partial charge in [-0.2, -0.15) is 0 Å². The molecule has 0 radical (unpaired) electrons. The maximum absolute atomic E-state index is 12.6. The van der Waals surface area contributed by atoms with Gasteiger partial charge in [0.2, 0.25) is 5.91 Å². The van der Waals surface area contributed by atoms with Crippen molar-refractivity contribution in [2.24, 2.45) is 0 Å². The number of rotatable bonds is 6. The highest BCUT2D eigenvalue weighted by molar-refractivity contribution is 5.76. The molecule has 1 atom stereocenters. The molecule has 3 rings (SSSR count). The summed E-state index contributed by atoms with van der Waals surface area (Å²) in [7, 11) is 0. The molecular formula is C21H21N3O3. The maximum Gasteiger partial charge on any atom is 0.331 e. The Morgan fingerprint density at radius 3 is 2.26 bits per heavy atom. The van der Waals surface area contributed by atoms with E-state index in [4.69, 9.17) is 0 Å². The summed E-state index contributed by atoms with van der Waals surface area (Å²) in [4.78, 5) is 37.1. The molecule has 2 aromatic carbocycles. The molecule has 1 amide bonds. The van der Waals surface area contributed by atoms with E-state index in [1.807, 2.05) is 67.6 Å².